The van der Waals surface area contributed by atoms with E-state index in [9.17, 15) is 9.59 Å². The maximum Gasteiger partial charge on any atom is 0.329 e. The van der Waals surface area contributed by atoms with E-state index in [4.69, 9.17) is 0 Å². The molecule has 2 aromatic carbocycles. The molecule has 0 heterocycles. The Bertz CT molecular complexity index is 749. The van der Waals surface area contributed by atoms with Gasteiger partial charge in [-0.15, -0.1) is 0 Å². The summed E-state index contributed by atoms with van der Waals surface area (Å²) < 4.78 is 0. The lowest BCUT2D eigenvalue weighted by molar-refractivity contribution is -0.136. The fourth-order valence-corrected chi connectivity index (χ4v) is 2.00. The lowest BCUT2D eigenvalue weighted by Crippen LogP contribution is -2.32. The fraction of sp³-hybridized carbons (Fsp3) is 0.167. The number of hydrazone groups is 1. The van der Waals surface area contributed by atoms with Crippen LogP contribution >= 0.6 is 0 Å². The van der Waals surface area contributed by atoms with Crippen LogP contribution in [0.15, 0.2) is 47.6 Å². The third-order valence-corrected chi connectivity index (χ3v) is 3.29. The molecule has 2 aromatic rings. The van der Waals surface area contributed by atoms with Crippen LogP contribution in [-0.2, 0) is 9.59 Å². The number of carbonyl (C=O) groups excluding carboxylic acids is 2. The number of amides is 2. The predicted molar refractivity (Wildman–Crippen MR) is 91.5 cm³/mol. The van der Waals surface area contributed by atoms with Crippen molar-refractivity contribution in [3.05, 3.63) is 64.7 Å². The molecule has 2 amide bonds. The molecule has 23 heavy (non-hydrogen) atoms. The van der Waals surface area contributed by atoms with Crippen LogP contribution in [-0.4, -0.2) is 18.0 Å². The number of nitrogens with one attached hydrogen (secondary N) is 2. The number of nitrogens with zero attached hydrogens (tertiary/aromatic N) is 1. The molecule has 118 valence electrons. The zero-order valence-electron chi connectivity index (χ0n) is 13.4. The van der Waals surface area contributed by atoms with Crippen molar-refractivity contribution in [1.82, 2.24) is 5.43 Å². The van der Waals surface area contributed by atoms with Gasteiger partial charge in [-0.1, -0.05) is 47.5 Å². The zero-order chi connectivity index (χ0) is 16.8. The monoisotopic (exact) mass is 309 g/mol. The van der Waals surface area contributed by atoms with Crippen molar-refractivity contribution >= 4 is 23.7 Å². The summed E-state index contributed by atoms with van der Waals surface area (Å²) >= 11 is 0. The number of anilines is 1. The first-order valence-electron chi connectivity index (χ1n) is 7.24. The average molecular weight is 309 g/mol. The Morgan fingerprint density at radius 1 is 0.913 bits per heavy atom. The molecule has 0 aliphatic carbocycles. The molecule has 5 heteroatoms. The molecule has 0 saturated heterocycles. The van der Waals surface area contributed by atoms with Gasteiger partial charge in [-0.3, -0.25) is 9.59 Å². The van der Waals surface area contributed by atoms with E-state index in [1.807, 2.05) is 57.2 Å². The van der Waals surface area contributed by atoms with Crippen molar-refractivity contribution in [3.8, 4) is 0 Å². The average Bonchev–Trinajstić information content (AvgIpc) is 2.51. The maximum atomic E-state index is 11.8. The van der Waals surface area contributed by atoms with Gasteiger partial charge in [-0.25, -0.2) is 5.43 Å². The summed E-state index contributed by atoms with van der Waals surface area (Å²) in [5.41, 5.74) is 6.79. The lowest BCUT2D eigenvalue weighted by atomic mass is 10.1. The fourth-order valence-electron chi connectivity index (χ4n) is 2.00. The van der Waals surface area contributed by atoms with Crippen LogP contribution in [0.25, 0.3) is 0 Å². The number of hydrogen-bond donors (Lipinski definition) is 2. The maximum absolute atomic E-state index is 11.8. The molecular weight excluding hydrogens is 290 g/mol. The second-order valence-electron chi connectivity index (χ2n) is 5.38. The standard InChI is InChI=1S/C18H19N3O2/c1-12-4-7-15(8-5-12)11-19-21-18(23)17(22)20-16-9-6-13(2)10-14(16)3/h4-11H,1-3H3,(H,20,22)(H,21,23). The number of rotatable bonds is 3. The minimum absolute atomic E-state index is 0.610. The molecule has 0 unspecified atom stereocenters. The second-order valence-corrected chi connectivity index (χ2v) is 5.38. The van der Waals surface area contributed by atoms with E-state index in [2.05, 4.69) is 15.8 Å². The van der Waals surface area contributed by atoms with Crippen LogP contribution in [0.2, 0.25) is 0 Å². The lowest BCUT2D eigenvalue weighted by Gasteiger charge is -2.08. The summed E-state index contributed by atoms with van der Waals surface area (Å²) in [4.78, 5) is 23.6. The summed E-state index contributed by atoms with van der Waals surface area (Å²) in [7, 11) is 0. The molecule has 0 spiro atoms. The number of hydrogen-bond acceptors (Lipinski definition) is 3. The van der Waals surface area contributed by atoms with Crippen molar-refractivity contribution in [2.24, 2.45) is 5.10 Å². The Morgan fingerprint density at radius 3 is 2.22 bits per heavy atom. The van der Waals surface area contributed by atoms with Gasteiger partial charge in [0.2, 0.25) is 0 Å². The smallest absolute Gasteiger partial charge is 0.317 e. The predicted octanol–water partition coefficient (Wildman–Crippen LogP) is 2.70. The molecule has 0 fully saturated rings. The molecule has 0 bridgehead atoms. The van der Waals surface area contributed by atoms with Gasteiger partial charge >= 0.3 is 11.8 Å². The molecule has 2 rings (SSSR count). The van der Waals surface area contributed by atoms with Crippen molar-refractivity contribution < 1.29 is 9.59 Å². The highest BCUT2D eigenvalue weighted by molar-refractivity contribution is 6.39. The zero-order valence-corrected chi connectivity index (χ0v) is 13.4. The molecule has 0 aliphatic heterocycles. The second kappa shape index (κ2) is 7.35. The Labute approximate surface area is 135 Å². The largest absolute Gasteiger partial charge is 0.329 e. The van der Waals surface area contributed by atoms with Crippen LogP contribution < -0.4 is 10.7 Å². The molecule has 0 aromatic heterocycles. The molecule has 0 radical (unpaired) electrons. The van der Waals surface area contributed by atoms with Crippen molar-refractivity contribution in [2.75, 3.05) is 5.32 Å². The highest BCUT2D eigenvalue weighted by Crippen LogP contribution is 2.15. The first-order chi connectivity index (χ1) is 11.0. The topological polar surface area (TPSA) is 70.6 Å². The summed E-state index contributed by atoms with van der Waals surface area (Å²) in [6.07, 6.45) is 1.49. The Hall–Kier alpha value is -2.95. The van der Waals surface area contributed by atoms with Crippen LogP contribution in [0.4, 0.5) is 5.69 Å². The molecule has 2 N–H and O–H groups in total. The minimum atomic E-state index is -0.812. The van der Waals surface area contributed by atoms with Crippen molar-refractivity contribution in [3.63, 3.8) is 0 Å². The van der Waals surface area contributed by atoms with Gasteiger partial charge in [0, 0.05) is 5.69 Å². The molecule has 0 saturated carbocycles. The summed E-state index contributed by atoms with van der Waals surface area (Å²) in [6.45, 7) is 5.82. The third-order valence-electron chi connectivity index (χ3n) is 3.29. The van der Waals surface area contributed by atoms with Crippen LogP contribution in [0.1, 0.15) is 22.3 Å². The normalized spacial score (nSPS) is 10.6. The van der Waals surface area contributed by atoms with E-state index in [1.54, 1.807) is 6.07 Å². The quantitative estimate of drug-likeness (QED) is 0.520. The number of aryl methyl sites for hydroxylation is 3. The minimum Gasteiger partial charge on any atom is -0.317 e. The SMILES string of the molecule is Cc1ccc(C=NNC(=O)C(=O)Nc2ccc(C)cc2C)cc1. The van der Waals surface area contributed by atoms with Gasteiger partial charge in [0.05, 0.1) is 6.21 Å². The third kappa shape index (κ3) is 4.78. The van der Waals surface area contributed by atoms with E-state index < -0.39 is 11.8 Å². The van der Waals surface area contributed by atoms with Crippen molar-refractivity contribution in [2.45, 2.75) is 20.8 Å². The highest BCUT2D eigenvalue weighted by atomic mass is 16.2. The van der Waals surface area contributed by atoms with Gasteiger partial charge in [-0.05, 0) is 38.0 Å². The van der Waals surface area contributed by atoms with Crippen molar-refractivity contribution in [1.29, 1.82) is 0 Å². The summed E-state index contributed by atoms with van der Waals surface area (Å²) in [5.74, 6) is -1.56. The molecule has 5 nitrogen and oxygen atoms in total. The van der Waals surface area contributed by atoms with Crippen LogP contribution in [0.5, 0.6) is 0 Å². The van der Waals surface area contributed by atoms with Gasteiger partial charge in [0.25, 0.3) is 0 Å². The van der Waals surface area contributed by atoms with E-state index in [1.165, 1.54) is 6.21 Å². The Balaban J connectivity index is 1.92. The first kappa shape index (κ1) is 16.4. The van der Waals surface area contributed by atoms with E-state index in [0.717, 1.165) is 22.3 Å². The Kier molecular flexibility index (Phi) is 5.25. The first-order valence-corrected chi connectivity index (χ1v) is 7.24. The highest BCUT2D eigenvalue weighted by Gasteiger charge is 2.13. The Morgan fingerprint density at radius 2 is 1.57 bits per heavy atom. The van der Waals surface area contributed by atoms with Gasteiger partial charge < -0.3 is 5.32 Å². The van der Waals surface area contributed by atoms with Gasteiger partial charge in [0.15, 0.2) is 0 Å². The van der Waals surface area contributed by atoms with E-state index in [-0.39, 0.29) is 0 Å². The van der Waals surface area contributed by atoms with Gasteiger partial charge in [0.1, 0.15) is 0 Å². The number of benzene rings is 2. The number of carbonyl (C=O) groups is 2. The van der Waals surface area contributed by atoms with E-state index in [0.29, 0.717) is 5.69 Å². The van der Waals surface area contributed by atoms with E-state index >= 15 is 0 Å². The summed E-state index contributed by atoms with van der Waals surface area (Å²) in [6, 6.07) is 13.2. The molecular formula is C18H19N3O2. The molecule has 0 atom stereocenters. The molecule has 0 aliphatic rings. The van der Waals surface area contributed by atoms with Gasteiger partial charge in [-0.2, -0.15) is 5.10 Å². The van der Waals surface area contributed by atoms with Crippen LogP contribution in [0, 0.1) is 20.8 Å². The summed E-state index contributed by atoms with van der Waals surface area (Å²) in [5, 5.41) is 6.35. The van der Waals surface area contributed by atoms with Crippen LogP contribution in [0.3, 0.4) is 0 Å².